The monoisotopic (exact) mass is 307 g/mol. The van der Waals surface area contributed by atoms with E-state index in [9.17, 15) is 4.79 Å². The van der Waals surface area contributed by atoms with Gasteiger partial charge in [0.2, 0.25) is 0 Å². The number of nitrogens with two attached hydrogens (primary N) is 1. The number of amides is 1. The quantitative estimate of drug-likeness (QED) is 0.219. The maximum absolute atomic E-state index is 12.7. The van der Waals surface area contributed by atoms with Crippen LogP contribution in [0.3, 0.4) is 0 Å². The van der Waals surface area contributed by atoms with Gasteiger partial charge in [-0.25, -0.2) is 0 Å². The van der Waals surface area contributed by atoms with Crippen LogP contribution >= 0.6 is 11.6 Å². The van der Waals surface area contributed by atoms with Gasteiger partial charge >= 0.3 is 0 Å². The smallest absolute Gasteiger partial charge is 0.261 e. The molecule has 1 aliphatic rings. The van der Waals surface area contributed by atoms with Gasteiger partial charge in [0, 0.05) is 18.8 Å². The number of quaternary nitrogens is 1. The number of carbonyl (C=O) groups excluding carboxylic acids is 1. The molecule has 1 atom stereocenters. The summed E-state index contributed by atoms with van der Waals surface area (Å²) < 4.78 is 0. The number of aryl methyl sites for hydroxylation is 1. The third kappa shape index (κ3) is 3.89. The van der Waals surface area contributed by atoms with Gasteiger partial charge in [0.25, 0.3) is 5.91 Å². The van der Waals surface area contributed by atoms with Crippen molar-refractivity contribution >= 4 is 35.6 Å². The molecular formula is C15H20ClN4O+. The molecule has 1 heterocycles. The maximum atomic E-state index is 12.7. The number of rotatable bonds is 4. The van der Waals surface area contributed by atoms with Gasteiger partial charge in [0.15, 0.2) is 5.69 Å². The van der Waals surface area contributed by atoms with E-state index in [2.05, 4.69) is 5.10 Å². The van der Waals surface area contributed by atoms with Crippen molar-refractivity contribution in [3.63, 3.8) is 0 Å². The molecule has 1 fully saturated rings. The zero-order valence-electron chi connectivity index (χ0n) is 12.1. The third-order valence-electron chi connectivity index (χ3n) is 3.50. The number of nitrogens with one attached hydrogen (secondary N) is 1. The van der Waals surface area contributed by atoms with Gasteiger partial charge in [0.05, 0.1) is 0 Å². The molecule has 3 N–H and O–H groups in total. The van der Waals surface area contributed by atoms with E-state index in [4.69, 9.17) is 17.0 Å². The molecule has 5 nitrogen and oxygen atoms in total. The molecule has 112 valence electrons. The predicted octanol–water partition coefficient (Wildman–Crippen LogP) is 2.02. The van der Waals surface area contributed by atoms with E-state index in [1.807, 2.05) is 25.1 Å². The molecule has 21 heavy (non-hydrogen) atoms. The minimum Gasteiger partial charge on any atom is -0.322 e. The van der Waals surface area contributed by atoms with E-state index in [0.29, 0.717) is 12.1 Å². The lowest BCUT2D eigenvalue weighted by atomic mass is 10.1. The first-order valence-electron chi connectivity index (χ1n) is 7.04. The third-order valence-corrected chi connectivity index (χ3v) is 3.96. The lowest BCUT2D eigenvalue weighted by Crippen LogP contribution is -2.72. The lowest BCUT2D eigenvalue weighted by Gasteiger charge is -2.31. The molecule has 0 radical (unpaired) electrons. The standard InChI is InChI=1S/C15H19ClN4O/c1-11-5-6-13(19-18-8-7-17)12(10-11)15(21)20-9-3-2-4-14(20)16/h5-8,10,14,17,19H,2-4,9H2,1H3/p+1. The molecule has 2 rings (SSSR count). The Morgan fingerprint density at radius 2 is 2.33 bits per heavy atom. The number of carbonyl (C=O) groups is 1. The van der Waals surface area contributed by atoms with Crippen molar-refractivity contribution in [3.05, 3.63) is 29.3 Å². The summed E-state index contributed by atoms with van der Waals surface area (Å²) in [4.78, 5) is 14.5. The van der Waals surface area contributed by atoms with Crippen LogP contribution in [-0.4, -0.2) is 35.3 Å². The summed E-state index contributed by atoms with van der Waals surface area (Å²) >= 11 is 6.28. The summed E-state index contributed by atoms with van der Waals surface area (Å²) in [6.45, 7) is 2.65. The van der Waals surface area contributed by atoms with Gasteiger partial charge in [-0.1, -0.05) is 22.8 Å². The van der Waals surface area contributed by atoms with Gasteiger partial charge in [-0.3, -0.25) is 4.79 Å². The molecule has 1 aliphatic heterocycles. The Labute approximate surface area is 129 Å². The van der Waals surface area contributed by atoms with E-state index >= 15 is 0 Å². The van der Waals surface area contributed by atoms with Crippen LogP contribution in [-0.2, 0) is 0 Å². The van der Waals surface area contributed by atoms with Gasteiger partial charge in [-0.05, 0) is 37.8 Å². The number of benzene rings is 1. The van der Waals surface area contributed by atoms with E-state index in [-0.39, 0.29) is 11.4 Å². The molecule has 1 unspecified atom stereocenters. The Morgan fingerprint density at radius 1 is 1.52 bits per heavy atom. The molecule has 0 bridgehead atoms. The van der Waals surface area contributed by atoms with Crippen LogP contribution in [0.5, 0.6) is 0 Å². The number of piperidine rings is 1. The average Bonchev–Trinajstić information content (AvgIpc) is 2.49. The number of alkyl halides is 1. The highest BCUT2D eigenvalue weighted by Gasteiger charge is 2.28. The second-order valence-electron chi connectivity index (χ2n) is 5.11. The number of halogens is 1. The maximum Gasteiger partial charge on any atom is 0.261 e. The Bertz CT molecular complexity index is 559. The highest BCUT2D eigenvalue weighted by molar-refractivity contribution is 6.22. The highest BCUT2D eigenvalue weighted by Crippen LogP contribution is 2.24. The SMILES string of the molecule is Cc1ccc([NH2+]N=CC=N)c(C(=O)N2CCCCC2Cl)c1. The molecule has 0 aromatic heterocycles. The molecule has 6 heteroatoms. The summed E-state index contributed by atoms with van der Waals surface area (Å²) in [6, 6.07) is 5.68. The molecule has 0 saturated carbocycles. The topological polar surface area (TPSA) is 73.1 Å². The second-order valence-corrected chi connectivity index (χ2v) is 5.62. The van der Waals surface area contributed by atoms with Gasteiger partial charge in [-0.15, -0.1) is 0 Å². The van der Waals surface area contributed by atoms with E-state index in [1.54, 1.807) is 10.3 Å². The Morgan fingerprint density at radius 3 is 3.05 bits per heavy atom. The van der Waals surface area contributed by atoms with Crippen LogP contribution in [0, 0.1) is 12.3 Å². The minimum absolute atomic E-state index is 0.0466. The number of nitrogens with zero attached hydrogens (tertiary/aromatic N) is 2. The van der Waals surface area contributed by atoms with Crippen LogP contribution in [0.15, 0.2) is 23.3 Å². The van der Waals surface area contributed by atoms with Crippen molar-refractivity contribution in [2.45, 2.75) is 31.7 Å². The fraction of sp³-hybridized carbons (Fsp3) is 0.400. The zero-order valence-corrected chi connectivity index (χ0v) is 12.8. The van der Waals surface area contributed by atoms with Gasteiger partial charge in [0.1, 0.15) is 17.3 Å². The number of hydrogen-bond acceptors (Lipinski definition) is 3. The van der Waals surface area contributed by atoms with Crippen molar-refractivity contribution in [3.8, 4) is 0 Å². The van der Waals surface area contributed by atoms with Gasteiger partial charge in [-0.2, -0.15) is 5.43 Å². The largest absolute Gasteiger partial charge is 0.322 e. The van der Waals surface area contributed by atoms with Crippen molar-refractivity contribution in [2.24, 2.45) is 5.10 Å². The Hall–Kier alpha value is -1.72. The first-order chi connectivity index (χ1) is 10.1. The summed E-state index contributed by atoms with van der Waals surface area (Å²) in [7, 11) is 0. The van der Waals surface area contributed by atoms with Crippen LogP contribution in [0.25, 0.3) is 0 Å². The molecule has 0 spiro atoms. The first-order valence-corrected chi connectivity index (χ1v) is 7.48. The summed E-state index contributed by atoms with van der Waals surface area (Å²) in [6.07, 6.45) is 5.37. The van der Waals surface area contributed by atoms with Crippen LogP contribution in [0.4, 0.5) is 5.69 Å². The molecule has 1 aromatic rings. The van der Waals surface area contributed by atoms with Gasteiger partial charge < -0.3 is 10.3 Å². The predicted molar refractivity (Wildman–Crippen MR) is 84.6 cm³/mol. The van der Waals surface area contributed by atoms with Crippen molar-refractivity contribution < 1.29 is 10.2 Å². The van der Waals surface area contributed by atoms with Crippen LogP contribution in [0.1, 0.15) is 35.2 Å². The highest BCUT2D eigenvalue weighted by atomic mass is 35.5. The van der Waals surface area contributed by atoms with Crippen LogP contribution < -0.4 is 5.43 Å². The Balaban J connectivity index is 2.27. The normalized spacial score (nSPS) is 19.0. The molecule has 0 aliphatic carbocycles. The van der Waals surface area contributed by atoms with Crippen molar-refractivity contribution in [1.82, 2.24) is 4.90 Å². The average molecular weight is 308 g/mol. The molecule has 1 aromatic carbocycles. The molecule has 1 saturated heterocycles. The summed E-state index contributed by atoms with van der Waals surface area (Å²) in [5.74, 6) is -0.0466. The van der Waals surface area contributed by atoms with Crippen molar-refractivity contribution in [1.29, 1.82) is 5.41 Å². The summed E-state index contributed by atoms with van der Waals surface area (Å²) in [5, 5.41) is 10.9. The van der Waals surface area contributed by atoms with E-state index in [0.717, 1.165) is 36.7 Å². The first kappa shape index (κ1) is 15.7. The fourth-order valence-electron chi connectivity index (χ4n) is 2.41. The second kappa shape index (κ2) is 7.33. The Kier molecular flexibility index (Phi) is 5.47. The minimum atomic E-state index is -0.232. The van der Waals surface area contributed by atoms with E-state index < -0.39 is 0 Å². The molecular weight excluding hydrogens is 288 g/mol. The zero-order chi connectivity index (χ0) is 15.2. The summed E-state index contributed by atoms with van der Waals surface area (Å²) in [5.41, 5.74) is 3.76. The van der Waals surface area contributed by atoms with E-state index in [1.165, 1.54) is 6.21 Å². The van der Waals surface area contributed by atoms with Crippen LogP contribution in [0.2, 0.25) is 0 Å². The van der Waals surface area contributed by atoms with Crippen molar-refractivity contribution in [2.75, 3.05) is 6.54 Å². The fourth-order valence-corrected chi connectivity index (χ4v) is 2.75. The lowest BCUT2D eigenvalue weighted by molar-refractivity contribution is -0.577. The number of hydrogen-bond donors (Lipinski definition) is 2. The number of likely N-dealkylation sites (tertiary alicyclic amines) is 1. The molecule has 1 amide bonds.